The minimum Gasteiger partial charge on any atom is -0.376 e. The van der Waals surface area contributed by atoms with Crippen LogP contribution in [0, 0.1) is 0 Å². The maximum absolute atomic E-state index is 5.60. The van der Waals surface area contributed by atoms with Crippen molar-refractivity contribution in [3.8, 4) is 0 Å². The molecule has 0 radical (unpaired) electrons. The van der Waals surface area contributed by atoms with E-state index in [1.165, 1.54) is 0 Å². The van der Waals surface area contributed by atoms with Crippen LogP contribution >= 0.6 is 0 Å². The molecule has 1 fully saturated rings. The number of nitrogens with one attached hydrogen (secondary N) is 1. The molecule has 0 spiro atoms. The van der Waals surface area contributed by atoms with Crippen molar-refractivity contribution in [3.63, 3.8) is 0 Å². The van der Waals surface area contributed by atoms with Crippen LogP contribution in [0.15, 0.2) is 12.3 Å². The van der Waals surface area contributed by atoms with Crippen molar-refractivity contribution < 1.29 is 4.74 Å². The zero-order chi connectivity index (χ0) is 9.97. The second kappa shape index (κ2) is 4.08. The van der Waals surface area contributed by atoms with E-state index in [9.17, 15) is 0 Å². The van der Waals surface area contributed by atoms with E-state index in [0.29, 0.717) is 0 Å². The molecule has 1 aromatic rings. The van der Waals surface area contributed by atoms with Gasteiger partial charge in [0.15, 0.2) is 0 Å². The smallest absolute Gasteiger partial charge is 0.0890 e. The van der Waals surface area contributed by atoms with Crippen molar-refractivity contribution in [1.82, 2.24) is 15.2 Å². The normalized spacial score (nSPS) is 24.0. The van der Waals surface area contributed by atoms with Crippen LogP contribution in [0.25, 0.3) is 0 Å². The molecule has 1 aromatic heterocycles. The second-order valence-corrected chi connectivity index (χ2v) is 3.58. The Labute approximate surface area is 83.2 Å². The minimum atomic E-state index is 0.0463. The molecule has 0 amide bonds. The molecule has 0 saturated carbocycles. The first-order valence-electron chi connectivity index (χ1n) is 4.88. The number of ether oxygens (including phenoxy) is 1. The van der Waals surface area contributed by atoms with Gasteiger partial charge in [0.1, 0.15) is 0 Å². The monoisotopic (exact) mass is 196 g/mol. The number of rotatable bonds is 3. The largest absolute Gasteiger partial charge is 0.376 e. The van der Waals surface area contributed by atoms with Crippen LogP contribution in [-0.4, -0.2) is 22.5 Å². The molecule has 2 unspecified atom stereocenters. The number of nitrogens with zero attached hydrogens (tertiary/aromatic N) is 2. The molecular weight excluding hydrogens is 180 g/mol. The van der Waals surface area contributed by atoms with Crippen molar-refractivity contribution in [2.45, 2.75) is 25.0 Å². The molecule has 1 aliphatic rings. The number of aromatic nitrogens is 2. The lowest BCUT2D eigenvalue weighted by atomic mass is 10.1. The Balaban J connectivity index is 2.16. The third kappa shape index (κ3) is 1.66. The van der Waals surface area contributed by atoms with E-state index in [4.69, 9.17) is 10.6 Å². The first-order valence-corrected chi connectivity index (χ1v) is 4.88. The molecule has 3 N–H and O–H groups in total. The van der Waals surface area contributed by atoms with Crippen molar-refractivity contribution in [2.24, 2.45) is 12.9 Å². The molecule has 2 rings (SSSR count). The van der Waals surface area contributed by atoms with Gasteiger partial charge in [-0.2, -0.15) is 5.10 Å². The van der Waals surface area contributed by atoms with E-state index < -0.39 is 0 Å². The highest BCUT2D eigenvalue weighted by Crippen LogP contribution is 2.25. The molecule has 2 heterocycles. The van der Waals surface area contributed by atoms with Crippen LogP contribution in [0.5, 0.6) is 0 Å². The summed E-state index contributed by atoms with van der Waals surface area (Å²) in [4.78, 5) is 0. The predicted molar refractivity (Wildman–Crippen MR) is 52.2 cm³/mol. The fourth-order valence-corrected chi connectivity index (χ4v) is 1.94. The van der Waals surface area contributed by atoms with Crippen LogP contribution in [-0.2, 0) is 11.8 Å². The second-order valence-electron chi connectivity index (χ2n) is 3.58. The first-order chi connectivity index (χ1) is 6.83. The summed E-state index contributed by atoms with van der Waals surface area (Å²) < 4.78 is 7.43. The molecule has 0 aliphatic carbocycles. The summed E-state index contributed by atoms with van der Waals surface area (Å²) in [5, 5.41) is 4.12. The van der Waals surface area contributed by atoms with Gasteiger partial charge in [-0.3, -0.25) is 10.5 Å². The molecule has 0 bridgehead atoms. The standard InChI is InChI=1S/C9H16N4O/c1-13-7(4-5-11-13)9(12-10)8-3-2-6-14-8/h4-5,8-9,12H,2-3,6,10H2,1H3. The van der Waals surface area contributed by atoms with Crippen LogP contribution in [0.1, 0.15) is 24.6 Å². The van der Waals surface area contributed by atoms with Gasteiger partial charge in [0.05, 0.1) is 17.8 Å². The maximum atomic E-state index is 5.60. The topological polar surface area (TPSA) is 65.1 Å². The molecular formula is C9H16N4O. The van der Waals surface area contributed by atoms with E-state index in [1.54, 1.807) is 6.20 Å². The average Bonchev–Trinajstić information content (AvgIpc) is 2.80. The van der Waals surface area contributed by atoms with Gasteiger partial charge in [0.2, 0.25) is 0 Å². The molecule has 1 aliphatic heterocycles. The zero-order valence-electron chi connectivity index (χ0n) is 8.31. The summed E-state index contributed by atoms with van der Waals surface area (Å²) in [6.45, 7) is 0.834. The summed E-state index contributed by atoms with van der Waals surface area (Å²) >= 11 is 0. The number of hydrogen-bond donors (Lipinski definition) is 2. The third-order valence-electron chi connectivity index (χ3n) is 2.69. The number of nitrogens with two attached hydrogens (primary N) is 1. The van der Waals surface area contributed by atoms with E-state index in [2.05, 4.69) is 10.5 Å². The van der Waals surface area contributed by atoms with Gasteiger partial charge < -0.3 is 4.74 Å². The summed E-state index contributed by atoms with van der Waals surface area (Å²) in [6.07, 6.45) is 4.12. The third-order valence-corrected chi connectivity index (χ3v) is 2.69. The molecule has 2 atom stereocenters. The lowest BCUT2D eigenvalue weighted by Crippen LogP contribution is -2.37. The van der Waals surface area contributed by atoms with E-state index in [1.807, 2.05) is 17.8 Å². The van der Waals surface area contributed by atoms with Gasteiger partial charge in [0.25, 0.3) is 0 Å². The average molecular weight is 196 g/mol. The Morgan fingerprint density at radius 3 is 3.14 bits per heavy atom. The van der Waals surface area contributed by atoms with Crippen molar-refractivity contribution in [1.29, 1.82) is 0 Å². The summed E-state index contributed by atoms with van der Waals surface area (Å²) in [7, 11) is 1.91. The van der Waals surface area contributed by atoms with Crippen molar-refractivity contribution in [3.05, 3.63) is 18.0 Å². The quantitative estimate of drug-likeness (QED) is 0.531. The van der Waals surface area contributed by atoms with Gasteiger partial charge >= 0.3 is 0 Å². The van der Waals surface area contributed by atoms with Gasteiger partial charge in [0, 0.05) is 19.9 Å². The van der Waals surface area contributed by atoms with Gasteiger partial charge in [-0.1, -0.05) is 0 Å². The lowest BCUT2D eigenvalue weighted by Gasteiger charge is -2.21. The van der Waals surface area contributed by atoms with Crippen molar-refractivity contribution >= 4 is 0 Å². The Bertz CT molecular complexity index is 293. The Hall–Kier alpha value is -0.910. The van der Waals surface area contributed by atoms with E-state index in [0.717, 1.165) is 25.1 Å². The molecule has 5 nitrogen and oxygen atoms in total. The van der Waals surface area contributed by atoms with E-state index in [-0.39, 0.29) is 12.1 Å². The first kappa shape index (κ1) is 9.64. The van der Waals surface area contributed by atoms with Crippen LogP contribution in [0.3, 0.4) is 0 Å². The highest BCUT2D eigenvalue weighted by molar-refractivity contribution is 5.09. The zero-order valence-corrected chi connectivity index (χ0v) is 8.31. The van der Waals surface area contributed by atoms with Crippen molar-refractivity contribution in [2.75, 3.05) is 6.61 Å². The molecule has 1 saturated heterocycles. The highest BCUT2D eigenvalue weighted by Gasteiger charge is 2.28. The maximum Gasteiger partial charge on any atom is 0.0890 e. The summed E-state index contributed by atoms with van der Waals surface area (Å²) in [6, 6.07) is 2.01. The van der Waals surface area contributed by atoms with Crippen LogP contribution in [0.2, 0.25) is 0 Å². The Kier molecular flexibility index (Phi) is 2.81. The number of aryl methyl sites for hydroxylation is 1. The lowest BCUT2D eigenvalue weighted by molar-refractivity contribution is 0.0758. The van der Waals surface area contributed by atoms with E-state index >= 15 is 0 Å². The summed E-state index contributed by atoms with van der Waals surface area (Å²) in [5.41, 5.74) is 3.87. The van der Waals surface area contributed by atoms with Crippen LogP contribution < -0.4 is 11.3 Å². The van der Waals surface area contributed by atoms with Gasteiger partial charge in [-0.25, -0.2) is 5.43 Å². The SMILES string of the molecule is Cn1nccc1C(NN)C1CCCO1. The Morgan fingerprint density at radius 1 is 1.79 bits per heavy atom. The summed E-state index contributed by atoms with van der Waals surface area (Å²) in [5.74, 6) is 5.54. The fraction of sp³-hybridized carbons (Fsp3) is 0.667. The highest BCUT2D eigenvalue weighted by atomic mass is 16.5. The fourth-order valence-electron chi connectivity index (χ4n) is 1.94. The molecule has 5 heteroatoms. The Morgan fingerprint density at radius 2 is 2.64 bits per heavy atom. The number of hydrazine groups is 1. The molecule has 78 valence electrons. The molecule has 0 aromatic carbocycles. The predicted octanol–water partition coefficient (Wildman–Crippen LogP) is 0.103. The number of hydrogen-bond acceptors (Lipinski definition) is 4. The minimum absolute atomic E-state index is 0.0463. The van der Waals surface area contributed by atoms with Crippen LogP contribution in [0.4, 0.5) is 0 Å². The van der Waals surface area contributed by atoms with Gasteiger partial charge in [-0.05, 0) is 18.9 Å². The van der Waals surface area contributed by atoms with Gasteiger partial charge in [-0.15, -0.1) is 0 Å². The molecule has 14 heavy (non-hydrogen) atoms.